The van der Waals surface area contributed by atoms with Gasteiger partial charge < -0.3 is 10.5 Å². The highest BCUT2D eigenvalue weighted by molar-refractivity contribution is 7.92. The van der Waals surface area contributed by atoms with Crippen molar-refractivity contribution < 1.29 is 21.9 Å². The summed E-state index contributed by atoms with van der Waals surface area (Å²) in [6.07, 6.45) is 0. The van der Waals surface area contributed by atoms with Crippen molar-refractivity contribution >= 4 is 21.4 Å². The molecule has 2 aromatic rings. The molecule has 0 spiro atoms. The first-order valence-corrected chi connectivity index (χ1v) is 7.23. The van der Waals surface area contributed by atoms with Gasteiger partial charge in [-0.1, -0.05) is 0 Å². The fourth-order valence-electron chi connectivity index (χ4n) is 1.70. The molecular formula is C13H12F2N2O3S. The fraction of sp³-hybridized carbons (Fsp3) is 0.0769. The Balaban J connectivity index is 2.38. The highest BCUT2D eigenvalue weighted by Crippen LogP contribution is 2.25. The van der Waals surface area contributed by atoms with E-state index in [1.807, 2.05) is 0 Å². The van der Waals surface area contributed by atoms with E-state index in [2.05, 4.69) is 4.72 Å². The molecule has 5 nitrogen and oxygen atoms in total. The number of hydrogen-bond donors (Lipinski definition) is 2. The monoisotopic (exact) mass is 314 g/mol. The summed E-state index contributed by atoms with van der Waals surface area (Å²) < 4.78 is 58.4. The first-order valence-electron chi connectivity index (χ1n) is 5.75. The number of rotatable bonds is 4. The second kappa shape index (κ2) is 5.57. The molecule has 0 unspecified atom stereocenters. The molecule has 0 atom stereocenters. The van der Waals surface area contributed by atoms with Gasteiger partial charge in [-0.25, -0.2) is 17.2 Å². The molecule has 0 fully saturated rings. The van der Waals surface area contributed by atoms with Crippen molar-refractivity contribution in [2.75, 3.05) is 17.6 Å². The van der Waals surface area contributed by atoms with Crippen molar-refractivity contribution in [2.45, 2.75) is 4.90 Å². The molecule has 8 heteroatoms. The van der Waals surface area contributed by atoms with Gasteiger partial charge in [0.05, 0.1) is 7.11 Å². The minimum Gasteiger partial charge on any atom is -0.497 e. The molecule has 0 saturated heterocycles. The third kappa shape index (κ3) is 3.22. The lowest BCUT2D eigenvalue weighted by atomic mass is 10.3. The van der Waals surface area contributed by atoms with E-state index in [9.17, 15) is 17.2 Å². The summed E-state index contributed by atoms with van der Waals surface area (Å²) in [5.41, 5.74) is 5.19. The molecule has 0 saturated carbocycles. The summed E-state index contributed by atoms with van der Waals surface area (Å²) in [4.78, 5) is -1.08. The van der Waals surface area contributed by atoms with E-state index >= 15 is 0 Å². The molecule has 0 amide bonds. The smallest absolute Gasteiger partial charge is 0.267 e. The van der Waals surface area contributed by atoms with Crippen LogP contribution in [0.3, 0.4) is 0 Å². The maximum atomic E-state index is 13.7. The van der Waals surface area contributed by atoms with E-state index in [0.29, 0.717) is 5.75 Å². The van der Waals surface area contributed by atoms with E-state index < -0.39 is 26.6 Å². The van der Waals surface area contributed by atoms with Gasteiger partial charge in [0.15, 0.2) is 4.90 Å². The second-order valence-electron chi connectivity index (χ2n) is 4.15. The summed E-state index contributed by atoms with van der Waals surface area (Å²) >= 11 is 0. The average Bonchev–Trinajstić information content (AvgIpc) is 2.37. The standard InChI is InChI=1S/C13H12F2N2O3S/c1-20-10-4-2-9(3-5-10)17-21(18,19)13-11(14)6-8(16)7-12(13)15/h2-7,17H,16H2,1H3. The van der Waals surface area contributed by atoms with Gasteiger partial charge in [-0.05, 0) is 36.4 Å². The van der Waals surface area contributed by atoms with E-state index in [-0.39, 0.29) is 11.4 Å². The summed E-state index contributed by atoms with van der Waals surface area (Å²) in [7, 11) is -2.95. The molecule has 0 heterocycles. The summed E-state index contributed by atoms with van der Waals surface area (Å²) in [6, 6.07) is 7.31. The number of nitrogens with one attached hydrogen (secondary N) is 1. The Bertz CT molecular complexity index is 738. The van der Waals surface area contributed by atoms with E-state index in [1.165, 1.54) is 31.4 Å². The largest absolute Gasteiger partial charge is 0.497 e. The zero-order chi connectivity index (χ0) is 15.6. The second-order valence-corrected chi connectivity index (χ2v) is 5.77. The van der Waals surface area contributed by atoms with Crippen molar-refractivity contribution in [2.24, 2.45) is 0 Å². The molecule has 0 radical (unpaired) electrons. The number of benzene rings is 2. The van der Waals surface area contributed by atoms with Crippen molar-refractivity contribution in [3.63, 3.8) is 0 Å². The van der Waals surface area contributed by atoms with Crippen LogP contribution in [0.15, 0.2) is 41.3 Å². The number of hydrogen-bond acceptors (Lipinski definition) is 4. The topological polar surface area (TPSA) is 81.4 Å². The van der Waals surface area contributed by atoms with Gasteiger partial charge in [-0.3, -0.25) is 4.72 Å². The summed E-state index contributed by atoms with van der Waals surface area (Å²) in [6.45, 7) is 0. The van der Waals surface area contributed by atoms with Crippen LogP contribution in [0, 0.1) is 11.6 Å². The lowest BCUT2D eigenvalue weighted by Crippen LogP contribution is -2.16. The minimum absolute atomic E-state index is 0.145. The molecule has 21 heavy (non-hydrogen) atoms. The van der Waals surface area contributed by atoms with Crippen LogP contribution in [0.4, 0.5) is 20.2 Å². The van der Waals surface area contributed by atoms with Gasteiger partial charge >= 0.3 is 0 Å². The third-order valence-corrected chi connectivity index (χ3v) is 4.06. The fourth-order valence-corrected chi connectivity index (χ4v) is 2.88. The lowest BCUT2D eigenvalue weighted by molar-refractivity contribution is 0.415. The van der Waals surface area contributed by atoms with Crippen molar-refractivity contribution in [1.82, 2.24) is 0 Å². The van der Waals surface area contributed by atoms with E-state index in [4.69, 9.17) is 10.5 Å². The van der Waals surface area contributed by atoms with Crippen LogP contribution < -0.4 is 15.2 Å². The molecule has 2 aromatic carbocycles. The minimum atomic E-state index is -4.41. The first-order chi connectivity index (χ1) is 9.83. The van der Waals surface area contributed by atoms with Gasteiger partial charge in [0.2, 0.25) is 0 Å². The number of methoxy groups -OCH3 is 1. The Kier molecular flexibility index (Phi) is 3.99. The molecule has 0 aliphatic carbocycles. The molecule has 0 bridgehead atoms. The number of sulfonamides is 1. The van der Waals surface area contributed by atoms with Gasteiger partial charge in [0, 0.05) is 11.4 Å². The Hall–Kier alpha value is -2.35. The Morgan fingerprint density at radius 2 is 1.62 bits per heavy atom. The van der Waals surface area contributed by atoms with Crippen molar-refractivity contribution in [3.8, 4) is 5.75 Å². The highest BCUT2D eigenvalue weighted by atomic mass is 32.2. The quantitative estimate of drug-likeness (QED) is 0.849. The Morgan fingerprint density at radius 3 is 2.10 bits per heavy atom. The molecule has 0 aliphatic rings. The number of ether oxygens (including phenoxy) is 1. The van der Waals surface area contributed by atoms with Crippen LogP contribution in [-0.4, -0.2) is 15.5 Å². The molecule has 2 rings (SSSR count). The van der Waals surface area contributed by atoms with Crippen LogP contribution in [0.25, 0.3) is 0 Å². The zero-order valence-electron chi connectivity index (χ0n) is 10.9. The lowest BCUT2D eigenvalue weighted by Gasteiger charge is -2.10. The molecule has 3 N–H and O–H groups in total. The van der Waals surface area contributed by atoms with E-state index in [1.54, 1.807) is 0 Å². The number of nitrogen functional groups attached to an aromatic ring is 1. The molecule has 0 aromatic heterocycles. The van der Waals surface area contributed by atoms with Crippen molar-refractivity contribution in [3.05, 3.63) is 48.0 Å². The van der Waals surface area contributed by atoms with Gasteiger partial charge in [-0.2, -0.15) is 0 Å². The molecule has 0 aliphatic heterocycles. The first kappa shape index (κ1) is 15.0. The maximum Gasteiger partial charge on any atom is 0.267 e. The van der Waals surface area contributed by atoms with Gasteiger partial charge in [0.25, 0.3) is 10.0 Å². The Morgan fingerprint density at radius 1 is 1.10 bits per heavy atom. The molecular weight excluding hydrogens is 302 g/mol. The predicted octanol–water partition coefficient (Wildman–Crippen LogP) is 2.36. The number of anilines is 2. The molecule has 112 valence electrons. The highest BCUT2D eigenvalue weighted by Gasteiger charge is 2.24. The van der Waals surface area contributed by atoms with Crippen LogP contribution in [-0.2, 0) is 10.0 Å². The predicted molar refractivity (Wildman–Crippen MR) is 74.6 cm³/mol. The average molecular weight is 314 g/mol. The van der Waals surface area contributed by atoms with Crippen LogP contribution in [0.1, 0.15) is 0 Å². The van der Waals surface area contributed by atoms with E-state index in [0.717, 1.165) is 12.1 Å². The normalized spacial score (nSPS) is 11.2. The van der Waals surface area contributed by atoms with Gasteiger partial charge in [-0.15, -0.1) is 0 Å². The zero-order valence-corrected chi connectivity index (χ0v) is 11.7. The Labute approximate surface area is 120 Å². The number of nitrogens with two attached hydrogens (primary N) is 1. The summed E-state index contributed by atoms with van der Waals surface area (Å²) in [5.74, 6) is -2.00. The van der Waals surface area contributed by atoms with Crippen molar-refractivity contribution in [1.29, 1.82) is 0 Å². The number of halogens is 2. The van der Waals surface area contributed by atoms with Crippen LogP contribution >= 0.6 is 0 Å². The summed E-state index contributed by atoms with van der Waals surface area (Å²) in [5, 5.41) is 0. The van der Waals surface area contributed by atoms with Crippen LogP contribution in [0.5, 0.6) is 5.75 Å². The SMILES string of the molecule is COc1ccc(NS(=O)(=O)c2c(F)cc(N)cc2F)cc1. The van der Waals surface area contributed by atoms with Gasteiger partial charge in [0.1, 0.15) is 17.4 Å². The third-order valence-electron chi connectivity index (χ3n) is 2.63. The maximum absolute atomic E-state index is 13.7. The van der Waals surface area contributed by atoms with Crippen LogP contribution in [0.2, 0.25) is 0 Å².